The first-order chi connectivity index (χ1) is 20.4. The summed E-state index contributed by atoms with van der Waals surface area (Å²) in [5, 5.41) is 3.91. The number of nitrogens with two attached hydrogens (primary N) is 1. The van der Waals surface area contributed by atoms with E-state index in [4.69, 9.17) is 20.2 Å². The fourth-order valence-electron chi connectivity index (χ4n) is 5.33. The summed E-state index contributed by atoms with van der Waals surface area (Å²) in [6.45, 7) is 12.4. The molecule has 0 saturated carbocycles. The van der Waals surface area contributed by atoms with E-state index < -0.39 is 0 Å². The van der Waals surface area contributed by atoms with Gasteiger partial charge in [0.1, 0.15) is 11.3 Å². The van der Waals surface area contributed by atoms with Gasteiger partial charge in [-0.15, -0.1) is 0 Å². The number of piperazine rings is 1. The number of hydrogen-bond donors (Lipinski definition) is 2. The molecule has 1 aliphatic heterocycles. The maximum atomic E-state index is 12.7. The van der Waals surface area contributed by atoms with Gasteiger partial charge in [0.15, 0.2) is 5.82 Å². The van der Waals surface area contributed by atoms with Gasteiger partial charge in [-0.05, 0) is 26.3 Å². The van der Waals surface area contributed by atoms with E-state index in [0.717, 1.165) is 73.2 Å². The number of carbonyl (C=O) groups excluding carboxylic acids is 2. The summed E-state index contributed by atoms with van der Waals surface area (Å²) in [5.41, 5.74) is 9.09. The summed E-state index contributed by atoms with van der Waals surface area (Å²) < 4.78 is 13.4. The Balaban J connectivity index is 1.20. The van der Waals surface area contributed by atoms with E-state index in [0.29, 0.717) is 58.2 Å². The van der Waals surface area contributed by atoms with Gasteiger partial charge in [-0.2, -0.15) is 0 Å². The normalized spacial score (nSPS) is 14.3. The van der Waals surface area contributed by atoms with Crippen LogP contribution in [0.25, 0.3) is 21.9 Å². The van der Waals surface area contributed by atoms with Gasteiger partial charge >= 0.3 is 0 Å². The number of imidazole rings is 1. The van der Waals surface area contributed by atoms with Crippen molar-refractivity contribution in [1.82, 2.24) is 29.7 Å². The van der Waals surface area contributed by atoms with Crippen molar-refractivity contribution in [2.24, 2.45) is 0 Å². The summed E-state index contributed by atoms with van der Waals surface area (Å²) in [6, 6.07) is 8.25. The van der Waals surface area contributed by atoms with Crippen LogP contribution in [0.4, 0.5) is 5.82 Å². The highest BCUT2D eigenvalue weighted by molar-refractivity contribution is 6.06. The predicted octanol–water partition coefficient (Wildman–Crippen LogP) is 2.99. The number of carbonyl (C=O) groups is 2. The Labute approximate surface area is 248 Å². The molecule has 0 radical (unpaired) electrons. The number of nitrogen functional groups attached to an aromatic ring is 1. The van der Waals surface area contributed by atoms with Crippen molar-refractivity contribution in [1.29, 1.82) is 0 Å². The van der Waals surface area contributed by atoms with Gasteiger partial charge in [0, 0.05) is 63.5 Å². The van der Waals surface area contributed by atoms with Crippen molar-refractivity contribution >= 4 is 39.6 Å². The molecule has 0 unspecified atom stereocenters. The van der Waals surface area contributed by atoms with Gasteiger partial charge in [0.25, 0.3) is 0 Å². The van der Waals surface area contributed by atoms with Crippen molar-refractivity contribution < 1.29 is 19.1 Å². The summed E-state index contributed by atoms with van der Waals surface area (Å²) in [4.78, 5) is 38.2. The van der Waals surface area contributed by atoms with E-state index in [1.807, 2.05) is 36.9 Å². The topological polar surface area (TPSA) is 128 Å². The first-order valence-electron chi connectivity index (χ1n) is 15.4. The Morgan fingerprint density at radius 1 is 0.976 bits per heavy atom. The summed E-state index contributed by atoms with van der Waals surface area (Å²) in [7, 11) is 0. The molecule has 3 aromatic rings. The average molecular weight is 582 g/mol. The molecule has 3 heterocycles. The molecule has 0 aliphatic carbocycles. The van der Waals surface area contributed by atoms with E-state index >= 15 is 0 Å². The van der Waals surface area contributed by atoms with Crippen molar-refractivity contribution in [2.45, 2.75) is 65.5 Å². The number of fused-ring (bicyclic) bond motifs is 3. The molecule has 4 rings (SSSR count). The Bertz CT molecular complexity index is 1320. The second kappa shape index (κ2) is 15.8. The van der Waals surface area contributed by atoms with Gasteiger partial charge in [0.05, 0.1) is 43.9 Å². The van der Waals surface area contributed by atoms with Gasteiger partial charge in [-0.3, -0.25) is 14.5 Å². The number of rotatable bonds is 16. The van der Waals surface area contributed by atoms with E-state index in [1.165, 1.54) is 0 Å². The van der Waals surface area contributed by atoms with Crippen LogP contribution in [0.3, 0.4) is 0 Å². The Morgan fingerprint density at radius 3 is 2.40 bits per heavy atom. The number of amides is 2. The molecule has 0 atom stereocenters. The second-order valence-corrected chi connectivity index (χ2v) is 11.2. The van der Waals surface area contributed by atoms with Gasteiger partial charge in [0.2, 0.25) is 11.8 Å². The van der Waals surface area contributed by atoms with Crippen LogP contribution in [0.1, 0.15) is 52.3 Å². The maximum absolute atomic E-state index is 12.7. The van der Waals surface area contributed by atoms with Crippen LogP contribution >= 0.6 is 0 Å². The standard InChI is InChI=1S/C31H47N7O4/c1-4-5-10-26-35-29-30(24-8-6-7-9-25(24)34-31(29)32)38(26)18-15-36-13-16-37(17-14-36)28(40)12-20-42-22-21-41-19-11-27(39)33-23(2)3/h6-9,23H,4-5,10-22H2,1-3H3,(H2,32,34)(H,33,39). The number of aromatic nitrogens is 3. The third-order valence-electron chi connectivity index (χ3n) is 7.56. The Kier molecular flexibility index (Phi) is 11.9. The molecule has 230 valence electrons. The van der Waals surface area contributed by atoms with Crippen LogP contribution in [0, 0.1) is 0 Å². The molecule has 2 aromatic heterocycles. The molecule has 11 heteroatoms. The predicted molar refractivity (Wildman–Crippen MR) is 165 cm³/mol. The average Bonchev–Trinajstić information content (AvgIpc) is 3.35. The lowest BCUT2D eigenvalue weighted by Gasteiger charge is -2.35. The zero-order valence-electron chi connectivity index (χ0n) is 25.4. The highest BCUT2D eigenvalue weighted by atomic mass is 16.5. The minimum Gasteiger partial charge on any atom is -0.382 e. The molecule has 1 aromatic carbocycles. The molecular formula is C31H47N7O4. The van der Waals surface area contributed by atoms with E-state index in [9.17, 15) is 9.59 Å². The zero-order chi connectivity index (χ0) is 29.9. The van der Waals surface area contributed by atoms with Crippen LogP contribution in [0.5, 0.6) is 0 Å². The highest BCUT2D eigenvalue weighted by Crippen LogP contribution is 2.29. The number of hydrogen-bond acceptors (Lipinski definition) is 8. The molecule has 0 bridgehead atoms. The van der Waals surface area contributed by atoms with Crippen LogP contribution in [0.15, 0.2) is 24.3 Å². The first-order valence-corrected chi connectivity index (χ1v) is 15.4. The van der Waals surface area contributed by atoms with Gasteiger partial charge in [-0.1, -0.05) is 31.5 Å². The number of ether oxygens (including phenoxy) is 2. The fourth-order valence-corrected chi connectivity index (χ4v) is 5.33. The third-order valence-corrected chi connectivity index (χ3v) is 7.56. The smallest absolute Gasteiger partial charge is 0.224 e. The number of nitrogens with one attached hydrogen (secondary N) is 1. The van der Waals surface area contributed by atoms with Gasteiger partial charge in [-0.25, -0.2) is 9.97 Å². The number of anilines is 1. The van der Waals surface area contributed by atoms with Crippen LogP contribution in [-0.4, -0.2) is 101 Å². The lowest BCUT2D eigenvalue weighted by Crippen LogP contribution is -2.49. The van der Waals surface area contributed by atoms with Crippen LogP contribution < -0.4 is 11.1 Å². The molecule has 3 N–H and O–H groups in total. The highest BCUT2D eigenvalue weighted by Gasteiger charge is 2.22. The maximum Gasteiger partial charge on any atom is 0.224 e. The lowest BCUT2D eigenvalue weighted by atomic mass is 10.2. The molecule has 0 spiro atoms. The number of aryl methyl sites for hydroxylation is 1. The molecule has 1 saturated heterocycles. The second-order valence-electron chi connectivity index (χ2n) is 11.2. The quantitative estimate of drug-likeness (QED) is 0.247. The van der Waals surface area contributed by atoms with E-state index in [1.54, 1.807) is 0 Å². The molecule has 1 fully saturated rings. The minimum atomic E-state index is -0.0140. The summed E-state index contributed by atoms with van der Waals surface area (Å²) >= 11 is 0. The van der Waals surface area contributed by atoms with Crippen LogP contribution in [-0.2, 0) is 32.0 Å². The van der Waals surface area contributed by atoms with E-state index in [2.05, 4.69) is 32.8 Å². The van der Waals surface area contributed by atoms with Crippen LogP contribution in [0.2, 0.25) is 0 Å². The van der Waals surface area contributed by atoms with Crippen molar-refractivity contribution in [3.05, 3.63) is 30.1 Å². The monoisotopic (exact) mass is 581 g/mol. The number of nitrogens with zero attached hydrogens (tertiary/aromatic N) is 5. The van der Waals surface area contributed by atoms with Crippen molar-refractivity contribution in [3.8, 4) is 0 Å². The Morgan fingerprint density at radius 2 is 1.69 bits per heavy atom. The SMILES string of the molecule is CCCCc1nc2c(N)nc3ccccc3c2n1CCN1CCN(C(=O)CCOCCOCCC(=O)NC(C)C)CC1. The first kappa shape index (κ1) is 31.7. The summed E-state index contributed by atoms with van der Waals surface area (Å²) in [6.07, 6.45) is 3.78. The van der Waals surface area contributed by atoms with E-state index in [-0.39, 0.29) is 17.9 Å². The number of unbranched alkanes of at least 4 members (excludes halogenated alkanes) is 1. The number of benzene rings is 1. The molecule has 42 heavy (non-hydrogen) atoms. The fraction of sp³-hybridized carbons (Fsp3) is 0.613. The number of para-hydroxylation sites is 1. The van der Waals surface area contributed by atoms with Gasteiger partial charge < -0.3 is 30.0 Å². The van der Waals surface area contributed by atoms with Crippen molar-refractivity contribution in [2.75, 3.05) is 64.9 Å². The third kappa shape index (κ3) is 8.62. The molecule has 2 amide bonds. The van der Waals surface area contributed by atoms with Crippen molar-refractivity contribution in [3.63, 3.8) is 0 Å². The molecular weight excluding hydrogens is 534 g/mol. The minimum absolute atomic E-state index is 0.0140. The Hall–Kier alpha value is -3.28. The number of pyridine rings is 1. The zero-order valence-corrected chi connectivity index (χ0v) is 25.4. The summed E-state index contributed by atoms with van der Waals surface area (Å²) in [5.74, 6) is 1.65. The molecule has 11 nitrogen and oxygen atoms in total. The lowest BCUT2D eigenvalue weighted by molar-refractivity contribution is -0.134. The molecule has 1 aliphatic rings. The largest absolute Gasteiger partial charge is 0.382 e.